The minimum Gasteiger partial charge on any atom is -0.447 e. The molecule has 0 bridgehead atoms. The van der Waals surface area contributed by atoms with E-state index in [0.29, 0.717) is 24.3 Å². The largest absolute Gasteiger partial charge is 0.447 e. The highest BCUT2D eigenvalue weighted by molar-refractivity contribution is 7.89. The van der Waals surface area contributed by atoms with Gasteiger partial charge in [0.25, 0.3) is 10.0 Å². The summed E-state index contributed by atoms with van der Waals surface area (Å²) in [5.41, 5.74) is 0. The first-order valence-corrected chi connectivity index (χ1v) is 8.77. The fraction of sp³-hybridized carbons (Fsp3) is 0.714. The molecule has 1 heterocycles. The molecule has 1 aliphatic carbocycles. The second kappa shape index (κ2) is 6.74. The monoisotopic (exact) mass is 300 g/mol. The first-order valence-electron chi connectivity index (χ1n) is 7.28. The van der Waals surface area contributed by atoms with Crippen molar-refractivity contribution in [3.63, 3.8) is 0 Å². The van der Waals surface area contributed by atoms with E-state index in [1.807, 2.05) is 0 Å². The lowest BCUT2D eigenvalue weighted by Gasteiger charge is -2.22. The molecule has 0 aromatic carbocycles. The van der Waals surface area contributed by atoms with E-state index < -0.39 is 10.0 Å². The van der Waals surface area contributed by atoms with Gasteiger partial charge in [-0.15, -0.1) is 0 Å². The summed E-state index contributed by atoms with van der Waals surface area (Å²) in [5.74, 6) is 1.32. The molecule has 2 rings (SSSR count). The van der Waals surface area contributed by atoms with Gasteiger partial charge in [0.2, 0.25) is 5.09 Å². The van der Waals surface area contributed by atoms with Crippen molar-refractivity contribution >= 4 is 10.0 Å². The quantitative estimate of drug-likeness (QED) is 0.818. The molecule has 2 atom stereocenters. The van der Waals surface area contributed by atoms with E-state index in [4.69, 9.17) is 4.42 Å². The summed E-state index contributed by atoms with van der Waals surface area (Å²) in [6, 6.07) is 3.71. The number of hydrogen-bond donors (Lipinski definition) is 2. The minimum atomic E-state index is -3.48. The molecular weight excluding hydrogens is 276 g/mol. The summed E-state index contributed by atoms with van der Waals surface area (Å²) in [4.78, 5) is 0. The number of hydrogen-bond acceptors (Lipinski definition) is 4. The molecule has 20 heavy (non-hydrogen) atoms. The zero-order valence-electron chi connectivity index (χ0n) is 12.2. The molecule has 2 N–H and O–H groups in total. The van der Waals surface area contributed by atoms with Crippen molar-refractivity contribution in [3.8, 4) is 0 Å². The van der Waals surface area contributed by atoms with E-state index in [9.17, 15) is 8.42 Å². The molecule has 0 radical (unpaired) electrons. The zero-order valence-corrected chi connectivity index (χ0v) is 13.0. The lowest BCUT2D eigenvalue weighted by molar-refractivity contribution is 0.330. The van der Waals surface area contributed by atoms with Crippen molar-refractivity contribution in [2.45, 2.75) is 56.7 Å². The molecule has 114 valence electrons. The van der Waals surface area contributed by atoms with Gasteiger partial charge in [-0.1, -0.05) is 26.2 Å². The average molecular weight is 300 g/mol. The molecule has 1 aromatic rings. The molecule has 5 nitrogen and oxygen atoms in total. The maximum absolute atomic E-state index is 11.6. The van der Waals surface area contributed by atoms with Crippen LogP contribution in [0.3, 0.4) is 0 Å². The summed E-state index contributed by atoms with van der Waals surface area (Å²) in [6.07, 6.45) is 6.33. The van der Waals surface area contributed by atoms with Gasteiger partial charge in [-0.2, -0.15) is 0 Å². The molecule has 2 unspecified atom stereocenters. The third-order valence-electron chi connectivity index (χ3n) is 4.07. The Balaban J connectivity index is 1.94. The molecule has 0 aliphatic heterocycles. The van der Waals surface area contributed by atoms with Gasteiger partial charge in [-0.25, -0.2) is 13.1 Å². The summed E-state index contributed by atoms with van der Waals surface area (Å²) in [7, 11) is -2.10. The lowest BCUT2D eigenvalue weighted by atomic mass is 9.97. The maximum atomic E-state index is 11.6. The van der Waals surface area contributed by atoms with Gasteiger partial charge < -0.3 is 9.73 Å². The third-order valence-corrected chi connectivity index (χ3v) is 5.36. The van der Waals surface area contributed by atoms with Crippen molar-refractivity contribution in [1.29, 1.82) is 0 Å². The van der Waals surface area contributed by atoms with Gasteiger partial charge in [-0.05, 0) is 37.9 Å². The fourth-order valence-electron chi connectivity index (χ4n) is 2.73. The van der Waals surface area contributed by atoms with E-state index in [1.54, 1.807) is 6.07 Å². The molecular formula is C14H24N2O3S. The van der Waals surface area contributed by atoms with Crippen LogP contribution in [0, 0.1) is 5.92 Å². The smallest absolute Gasteiger partial charge is 0.273 e. The number of furan rings is 1. The van der Waals surface area contributed by atoms with Crippen LogP contribution in [-0.4, -0.2) is 21.5 Å². The SMILES string of the molecule is CNS(=O)(=O)c1ccc(CNC2CCCCCC2C)o1. The van der Waals surface area contributed by atoms with Gasteiger partial charge in [-0.3, -0.25) is 0 Å². The molecule has 0 spiro atoms. The molecule has 1 saturated carbocycles. The molecule has 1 aromatic heterocycles. The second-order valence-electron chi connectivity index (χ2n) is 5.53. The van der Waals surface area contributed by atoms with Crippen molar-refractivity contribution in [3.05, 3.63) is 17.9 Å². The van der Waals surface area contributed by atoms with Crippen LogP contribution in [0.5, 0.6) is 0 Å². The van der Waals surface area contributed by atoms with Crippen LogP contribution >= 0.6 is 0 Å². The van der Waals surface area contributed by atoms with E-state index in [1.165, 1.54) is 45.2 Å². The normalized spacial score (nSPS) is 24.5. The lowest BCUT2D eigenvalue weighted by Crippen LogP contribution is -2.33. The van der Waals surface area contributed by atoms with E-state index in [0.717, 1.165) is 0 Å². The van der Waals surface area contributed by atoms with E-state index in [2.05, 4.69) is 17.0 Å². The van der Waals surface area contributed by atoms with E-state index >= 15 is 0 Å². The molecule has 6 heteroatoms. The highest BCUT2D eigenvalue weighted by Gasteiger charge is 2.20. The maximum Gasteiger partial charge on any atom is 0.273 e. The Kier molecular flexibility index (Phi) is 5.23. The topological polar surface area (TPSA) is 71.3 Å². The summed E-state index contributed by atoms with van der Waals surface area (Å²) < 4.78 is 30.8. The van der Waals surface area contributed by atoms with Crippen LogP contribution < -0.4 is 10.0 Å². The molecule has 1 fully saturated rings. The van der Waals surface area contributed by atoms with Gasteiger partial charge in [0.1, 0.15) is 5.76 Å². The standard InChI is InChI=1S/C14H24N2O3S/c1-11-6-4-3-5-7-13(11)16-10-12-8-9-14(19-12)20(17,18)15-2/h8-9,11,13,15-16H,3-7,10H2,1-2H3. The van der Waals surface area contributed by atoms with Crippen LogP contribution in [0.25, 0.3) is 0 Å². The zero-order chi connectivity index (χ0) is 14.6. The van der Waals surface area contributed by atoms with Crippen LogP contribution in [0.2, 0.25) is 0 Å². The van der Waals surface area contributed by atoms with Crippen molar-refractivity contribution < 1.29 is 12.8 Å². The van der Waals surface area contributed by atoms with Crippen LogP contribution in [-0.2, 0) is 16.6 Å². The summed E-state index contributed by atoms with van der Waals surface area (Å²) >= 11 is 0. The van der Waals surface area contributed by atoms with Gasteiger partial charge in [0.05, 0.1) is 6.54 Å². The van der Waals surface area contributed by atoms with Crippen molar-refractivity contribution in [2.24, 2.45) is 5.92 Å². The van der Waals surface area contributed by atoms with Gasteiger partial charge in [0, 0.05) is 6.04 Å². The minimum absolute atomic E-state index is 0.0225. The van der Waals surface area contributed by atoms with Gasteiger partial charge in [0.15, 0.2) is 0 Å². The Morgan fingerprint density at radius 2 is 2.00 bits per heavy atom. The van der Waals surface area contributed by atoms with Gasteiger partial charge >= 0.3 is 0 Å². The summed E-state index contributed by atoms with van der Waals surface area (Å²) in [5, 5.41) is 3.48. The number of sulfonamides is 1. The van der Waals surface area contributed by atoms with Crippen LogP contribution in [0.1, 0.15) is 44.8 Å². The Bertz CT molecular complexity index is 524. The number of rotatable bonds is 5. The second-order valence-corrected chi connectivity index (χ2v) is 7.35. The molecule has 0 saturated heterocycles. The van der Waals surface area contributed by atoms with Crippen molar-refractivity contribution in [1.82, 2.24) is 10.0 Å². The molecule has 0 amide bonds. The first-order chi connectivity index (χ1) is 9.53. The Hall–Kier alpha value is -0.850. The predicted molar refractivity (Wildman–Crippen MR) is 77.8 cm³/mol. The van der Waals surface area contributed by atoms with E-state index in [-0.39, 0.29) is 5.09 Å². The highest BCUT2D eigenvalue weighted by Crippen LogP contribution is 2.23. The highest BCUT2D eigenvalue weighted by atomic mass is 32.2. The fourth-order valence-corrected chi connectivity index (χ4v) is 3.39. The summed E-state index contributed by atoms with van der Waals surface area (Å²) in [6.45, 7) is 2.86. The predicted octanol–water partition coefficient (Wildman–Crippen LogP) is 2.25. The Morgan fingerprint density at radius 1 is 1.25 bits per heavy atom. The first kappa shape index (κ1) is 15.5. The molecule has 1 aliphatic rings. The number of nitrogens with one attached hydrogen (secondary N) is 2. The average Bonchev–Trinajstić information content (AvgIpc) is 2.82. The van der Waals surface area contributed by atoms with Crippen molar-refractivity contribution in [2.75, 3.05) is 7.05 Å². The van der Waals surface area contributed by atoms with Crippen LogP contribution in [0.15, 0.2) is 21.6 Å². The Labute approximate surface area is 121 Å². The third kappa shape index (κ3) is 3.84. The van der Waals surface area contributed by atoms with Crippen LogP contribution in [0.4, 0.5) is 0 Å². The Morgan fingerprint density at radius 3 is 2.75 bits per heavy atom.